The summed E-state index contributed by atoms with van der Waals surface area (Å²) in [5.74, 6) is 3.75. The van der Waals surface area contributed by atoms with Crippen LogP contribution in [0.2, 0.25) is 0 Å². The molecule has 0 fully saturated rings. The average molecular weight is 588 g/mol. The first-order valence-corrected chi connectivity index (χ1v) is 16.4. The van der Waals surface area contributed by atoms with Crippen molar-refractivity contribution >= 4 is 40.2 Å². The minimum atomic E-state index is -0.100. The Bertz CT molecular complexity index is 2020. The Balaban J connectivity index is 1.25. The van der Waals surface area contributed by atoms with Gasteiger partial charge in [0.1, 0.15) is 23.0 Å². The molecule has 5 aromatic rings. The molecule has 0 atom stereocenters. The van der Waals surface area contributed by atoms with E-state index in [9.17, 15) is 0 Å². The molecule has 0 unspecified atom stereocenters. The summed E-state index contributed by atoms with van der Waals surface area (Å²) in [5, 5.41) is 0. The minimum absolute atomic E-state index is 0.0337. The SMILES string of the molecule is CC1(C)CCC(C)(C)c2c1ccc1c2Oc2cccc3c2B1c1ccc(N2c4ccccc4C(C)(C)c4ccccc42)cc1O3. The van der Waals surface area contributed by atoms with Crippen molar-refractivity contribution in [3.05, 3.63) is 119 Å². The molecule has 5 aromatic carbocycles. The van der Waals surface area contributed by atoms with Gasteiger partial charge in [-0.1, -0.05) is 102 Å². The van der Waals surface area contributed by atoms with Crippen LogP contribution in [-0.4, -0.2) is 6.71 Å². The number of ether oxygens (including phenoxy) is 2. The first-order chi connectivity index (χ1) is 21.6. The molecule has 0 saturated heterocycles. The summed E-state index contributed by atoms with van der Waals surface area (Å²) in [6.45, 7) is 14.2. The molecule has 0 N–H and O–H groups in total. The highest BCUT2D eigenvalue weighted by Gasteiger charge is 2.46. The van der Waals surface area contributed by atoms with Crippen LogP contribution >= 0.6 is 0 Å². The van der Waals surface area contributed by atoms with Crippen molar-refractivity contribution in [3.8, 4) is 23.0 Å². The Morgan fingerprint density at radius 3 is 1.91 bits per heavy atom. The van der Waals surface area contributed by atoms with Gasteiger partial charge in [0.15, 0.2) is 0 Å². The van der Waals surface area contributed by atoms with Crippen LogP contribution in [-0.2, 0) is 16.2 Å². The molecule has 3 nitrogen and oxygen atoms in total. The number of benzene rings is 5. The number of para-hydroxylation sites is 2. The summed E-state index contributed by atoms with van der Waals surface area (Å²) in [4.78, 5) is 2.41. The number of hydrogen-bond acceptors (Lipinski definition) is 3. The van der Waals surface area contributed by atoms with Crippen LogP contribution in [0.1, 0.15) is 76.6 Å². The van der Waals surface area contributed by atoms with Gasteiger partial charge in [0, 0.05) is 28.2 Å². The maximum atomic E-state index is 6.89. The molecule has 0 bridgehead atoms. The van der Waals surface area contributed by atoms with Crippen LogP contribution in [0.5, 0.6) is 23.0 Å². The lowest BCUT2D eigenvalue weighted by Gasteiger charge is -2.45. The molecular weight excluding hydrogens is 549 g/mol. The third-order valence-corrected chi connectivity index (χ3v) is 11.2. The Kier molecular flexibility index (Phi) is 5.29. The molecule has 9 rings (SSSR count). The zero-order valence-corrected chi connectivity index (χ0v) is 27.0. The highest BCUT2D eigenvalue weighted by molar-refractivity contribution is 6.98. The number of fused-ring (bicyclic) bond motifs is 8. The fourth-order valence-electron chi connectivity index (χ4n) is 8.69. The molecule has 0 spiro atoms. The Hall–Kier alpha value is -4.44. The van der Waals surface area contributed by atoms with Gasteiger partial charge in [0.25, 0.3) is 6.71 Å². The van der Waals surface area contributed by atoms with Gasteiger partial charge in [-0.15, -0.1) is 0 Å². The number of anilines is 3. The zero-order chi connectivity index (χ0) is 30.9. The lowest BCUT2D eigenvalue weighted by Crippen LogP contribution is -2.58. The first kappa shape index (κ1) is 26.9. The summed E-state index contributed by atoms with van der Waals surface area (Å²) in [7, 11) is 0. The summed E-state index contributed by atoms with van der Waals surface area (Å²) in [6.07, 6.45) is 2.32. The minimum Gasteiger partial charge on any atom is -0.458 e. The Morgan fingerprint density at radius 1 is 0.578 bits per heavy atom. The monoisotopic (exact) mass is 587 g/mol. The van der Waals surface area contributed by atoms with Gasteiger partial charge >= 0.3 is 0 Å². The fraction of sp³-hybridized carbons (Fsp3) is 0.268. The third-order valence-electron chi connectivity index (χ3n) is 11.2. The van der Waals surface area contributed by atoms with Gasteiger partial charge in [-0.25, -0.2) is 0 Å². The highest BCUT2D eigenvalue weighted by atomic mass is 16.5. The molecule has 3 aliphatic heterocycles. The predicted molar refractivity (Wildman–Crippen MR) is 186 cm³/mol. The van der Waals surface area contributed by atoms with Crippen LogP contribution in [0.4, 0.5) is 17.1 Å². The van der Waals surface area contributed by atoms with Crippen LogP contribution in [0.3, 0.4) is 0 Å². The van der Waals surface area contributed by atoms with Gasteiger partial charge in [0.05, 0.1) is 11.4 Å². The van der Waals surface area contributed by atoms with Gasteiger partial charge in [-0.05, 0) is 81.6 Å². The van der Waals surface area contributed by atoms with Crippen molar-refractivity contribution in [2.75, 3.05) is 4.90 Å². The number of nitrogens with zero attached hydrogens (tertiary/aromatic N) is 1. The van der Waals surface area contributed by atoms with Gasteiger partial charge in [-0.3, -0.25) is 0 Å². The van der Waals surface area contributed by atoms with Gasteiger partial charge in [-0.2, -0.15) is 0 Å². The molecule has 0 aromatic heterocycles. The maximum Gasteiger partial charge on any atom is 0.260 e. The summed E-state index contributed by atoms with van der Waals surface area (Å²) < 4.78 is 13.7. The second-order valence-electron chi connectivity index (χ2n) is 15.2. The van der Waals surface area contributed by atoms with Crippen molar-refractivity contribution in [2.24, 2.45) is 0 Å². The van der Waals surface area contributed by atoms with E-state index in [1.807, 2.05) is 0 Å². The molecule has 222 valence electrons. The Morgan fingerprint density at radius 2 is 1.20 bits per heavy atom. The lowest BCUT2D eigenvalue weighted by molar-refractivity contribution is 0.320. The third kappa shape index (κ3) is 3.60. The van der Waals surface area contributed by atoms with Crippen LogP contribution in [0, 0.1) is 0 Å². The van der Waals surface area contributed by atoms with Crippen molar-refractivity contribution in [2.45, 2.75) is 70.6 Å². The maximum absolute atomic E-state index is 6.89. The van der Waals surface area contributed by atoms with Crippen LogP contribution < -0.4 is 30.8 Å². The summed E-state index contributed by atoms with van der Waals surface area (Å²) >= 11 is 0. The van der Waals surface area contributed by atoms with Crippen molar-refractivity contribution < 1.29 is 9.47 Å². The second kappa shape index (κ2) is 8.84. The molecule has 0 amide bonds. The van der Waals surface area contributed by atoms with E-state index < -0.39 is 0 Å². The number of hydrogen-bond donors (Lipinski definition) is 0. The van der Waals surface area contributed by atoms with E-state index in [2.05, 4.69) is 144 Å². The van der Waals surface area contributed by atoms with Crippen LogP contribution in [0.15, 0.2) is 97.1 Å². The quantitative estimate of drug-likeness (QED) is 0.179. The van der Waals surface area contributed by atoms with E-state index >= 15 is 0 Å². The fourth-order valence-corrected chi connectivity index (χ4v) is 8.69. The second-order valence-corrected chi connectivity index (χ2v) is 15.2. The lowest BCUT2D eigenvalue weighted by atomic mass is 9.34. The largest absolute Gasteiger partial charge is 0.458 e. The van der Waals surface area contributed by atoms with E-state index in [-0.39, 0.29) is 23.0 Å². The van der Waals surface area contributed by atoms with E-state index in [4.69, 9.17) is 9.47 Å². The zero-order valence-electron chi connectivity index (χ0n) is 27.0. The van der Waals surface area contributed by atoms with E-state index in [0.29, 0.717) is 0 Å². The van der Waals surface area contributed by atoms with E-state index in [0.717, 1.165) is 40.6 Å². The highest BCUT2D eigenvalue weighted by Crippen LogP contribution is 2.53. The topological polar surface area (TPSA) is 21.7 Å². The molecule has 45 heavy (non-hydrogen) atoms. The molecule has 0 radical (unpaired) electrons. The molecule has 3 heterocycles. The van der Waals surface area contributed by atoms with Gasteiger partial charge in [0.2, 0.25) is 0 Å². The molecule has 0 saturated carbocycles. The van der Waals surface area contributed by atoms with Gasteiger partial charge < -0.3 is 14.4 Å². The Labute approximate surface area is 266 Å². The van der Waals surface area contributed by atoms with E-state index in [1.165, 1.54) is 51.0 Å². The van der Waals surface area contributed by atoms with E-state index in [1.54, 1.807) is 0 Å². The molecular formula is C41H38BNO2. The first-order valence-electron chi connectivity index (χ1n) is 16.4. The summed E-state index contributed by atoms with van der Waals surface area (Å²) in [5.41, 5.74) is 12.6. The average Bonchev–Trinajstić information content (AvgIpc) is 3.03. The van der Waals surface area contributed by atoms with Crippen molar-refractivity contribution in [3.63, 3.8) is 0 Å². The molecule has 4 aliphatic rings. The van der Waals surface area contributed by atoms with Crippen molar-refractivity contribution in [1.82, 2.24) is 0 Å². The normalized spacial score (nSPS) is 18.6. The molecule has 1 aliphatic carbocycles. The standard InChI is InChI=1S/C41H38BNO2/c1-39(2)22-23-40(3,4)36-28(39)19-21-30-38(36)45-34-17-11-16-33-37(34)42(30)29-20-18-25(24-35(29)44-33)43-31-14-9-7-12-26(31)41(5,6)27-13-8-10-15-32(27)43/h7-21,24H,22-23H2,1-6H3. The summed E-state index contributed by atoms with van der Waals surface area (Å²) in [6, 6.07) is 35.4. The smallest absolute Gasteiger partial charge is 0.260 e. The molecule has 4 heteroatoms. The predicted octanol–water partition coefficient (Wildman–Crippen LogP) is 8.87. The van der Waals surface area contributed by atoms with Crippen LogP contribution in [0.25, 0.3) is 0 Å². The van der Waals surface area contributed by atoms with Crippen molar-refractivity contribution in [1.29, 1.82) is 0 Å². The number of rotatable bonds is 1.